The molecule has 180 valence electrons. The average molecular weight is 488 g/mol. The second-order valence-corrected chi connectivity index (χ2v) is 9.41. The normalized spacial score (nSPS) is 11.1. The summed E-state index contributed by atoms with van der Waals surface area (Å²) in [6.45, 7) is 5.47. The first kappa shape index (κ1) is 24.7. The van der Waals surface area contributed by atoms with E-state index in [9.17, 15) is 9.59 Å². The summed E-state index contributed by atoms with van der Waals surface area (Å²) in [5.74, 6) is 0.571. The van der Waals surface area contributed by atoms with Crippen LogP contribution in [0.25, 0.3) is 10.9 Å². The second-order valence-electron chi connectivity index (χ2n) is 8.47. The van der Waals surface area contributed by atoms with Crippen LogP contribution in [0.15, 0.2) is 76.7 Å². The molecule has 1 N–H and O–H groups in total. The standard InChI is InChI=1S/C28H29N3O3S/c1-19-8-9-20(2)23(16-19)18-35-28-30-25-7-5-4-6-24(25)27(33)31(28)17-21-10-12-22(13-11-21)26(32)29-14-15-34-3/h4-13,16H,14-15,17-18H2,1-3H3,(H,29,32). The van der Waals surface area contributed by atoms with E-state index in [1.807, 2.05) is 36.4 Å². The van der Waals surface area contributed by atoms with E-state index in [0.717, 1.165) is 11.3 Å². The van der Waals surface area contributed by atoms with Crippen molar-refractivity contribution in [1.29, 1.82) is 0 Å². The molecular weight excluding hydrogens is 458 g/mol. The second kappa shape index (κ2) is 11.3. The quantitative estimate of drug-likeness (QED) is 0.210. The molecule has 6 nitrogen and oxygen atoms in total. The summed E-state index contributed by atoms with van der Waals surface area (Å²) in [4.78, 5) is 30.6. The molecule has 0 saturated heterocycles. The zero-order valence-corrected chi connectivity index (χ0v) is 21.0. The molecule has 4 rings (SSSR count). The average Bonchev–Trinajstić information content (AvgIpc) is 2.87. The molecule has 35 heavy (non-hydrogen) atoms. The lowest BCUT2D eigenvalue weighted by atomic mass is 10.1. The molecule has 0 saturated carbocycles. The van der Waals surface area contributed by atoms with Crippen molar-refractivity contribution in [3.8, 4) is 0 Å². The fourth-order valence-corrected chi connectivity index (χ4v) is 4.87. The van der Waals surface area contributed by atoms with Gasteiger partial charge in [0.25, 0.3) is 11.5 Å². The van der Waals surface area contributed by atoms with Crippen LogP contribution in [0.4, 0.5) is 0 Å². The number of methoxy groups -OCH3 is 1. The van der Waals surface area contributed by atoms with Crippen molar-refractivity contribution in [1.82, 2.24) is 14.9 Å². The molecule has 1 amide bonds. The van der Waals surface area contributed by atoms with E-state index in [1.165, 1.54) is 16.7 Å². The van der Waals surface area contributed by atoms with Gasteiger partial charge in [-0.1, -0.05) is 59.8 Å². The number of nitrogens with one attached hydrogen (secondary N) is 1. The SMILES string of the molecule is COCCNC(=O)c1ccc(Cn2c(SCc3cc(C)ccc3C)nc3ccccc3c2=O)cc1. The van der Waals surface area contributed by atoms with Gasteiger partial charge in [0.1, 0.15) is 0 Å². The van der Waals surface area contributed by atoms with Crippen molar-refractivity contribution in [2.75, 3.05) is 20.3 Å². The fraction of sp³-hybridized carbons (Fsp3) is 0.250. The van der Waals surface area contributed by atoms with Crippen LogP contribution in [-0.2, 0) is 17.0 Å². The molecule has 0 spiro atoms. The summed E-state index contributed by atoms with van der Waals surface area (Å²) in [5.41, 5.74) is 5.77. The zero-order chi connectivity index (χ0) is 24.8. The third-order valence-electron chi connectivity index (χ3n) is 5.84. The van der Waals surface area contributed by atoms with Crippen LogP contribution in [0.3, 0.4) is 0 Å². The first-order chi connectivity index (χ1) is 17.0. The van der Waals surface area contributed by atoms with E-state index in [-0.39, 0.29) is 11.5 Å². The molecule has 0 aliphatic heterocycles. The summed E-state index contributed by atoms with van der Waals surface area (Å²) in [6, 6.07) is 21.2. The van der Waals surface area contributed by atoms with Crippen LogP contribution in [-0.4, -0.2) is 35.7 Å². The van der Waals surface area contributed by atoms with Gasteiger partial charge in [-0.3, -0.25) is 14.2 Å². The number of nitrogens with zero attached hydrogens (tertiary/aromatic N) is 2. The molecule has 0 radical (unpaired) electrons. The van der Waals surface area contributed by atoms with E-state index in [1.54, 1.807) is 35.6 Å². The molecule has 4 aromatic rings. The maximum atomic E-state index is 13.4. The molecule has 7 heteroatoms. The van der Waals surface area contributed by atoms with Gasteiger partial charge >= 0.3 is 0 Å². The molecule has 1 heterocycles. The highest BCUT2D eigenvalue weighted by molar-refractivity contribution is 7.98. The van der Waals surface area contributed by atoms with Crippen molar-refractivity contribution >= 4 is 28.6 Å². The number of ether oxygens (including phenoxy) is 1. The van der Waals surface area contributed by atoms with Gasteiger partial charge in [0.2, 0.25) is 0 Å². The van der Waals surface area contributed by atoms with Gasteiger partial charge in [0, 0.05) is 25.0 Å². The highest BCUT2D eigenvalue weighted by atomic mass is 32.2. The Morgan fingerprint density at radius 2 is 1.83 bits per heavy atom. The van der Waals surface area contributed by atoms with Crippen LogP contribution in [0, 0.1) is 13.8 Å². The summed E-state index contributed by atoms with van der Waals surface area (Å²) >= 11 is 1.57. The van der Waals surface area contributed by atoms with Crippen molar-refractivity contribution in [2.24, 2.45) is 0 Å². The van der Waals surface area contributed by atoms with Gasteiger partial charge in [-0.25, -0.2) is 4.98 Å². The Labute approximate surface area is 209 Å². The van der Waals surface area contributed by atoms with Crippen molar-refractivity contribution in [2.45, 2.75) is 31.3 Å². The topological polar surface area (TPSA) is 73.2 Å². The number of para-hydroxylation sites is 1. The summed E-state index contributed by atoms with van der Waals surface area (Å²) in [7, 11) is 1.60. The van der Waals surface area contributed by atoms with E-state index < -0.39 is 0 Å². The zero-order valence-electron chi connectivity index (χ0n) is 20.2. The number of aryl methyl sites for hydroxylation is 2. The lowest BCUT2D eigenvalue weighted by Crippen LogP contribution is -2.27. The van der Waals surface area contributed by atoms with Crippen molar-refractivity contribution < 1.29 is 9.53 Å². The Hall–Kier alpha value is -3.42. The molecule has 0 bridgehead atoms. The minimum Gasteiger partial charge on any atom is -0.383 e. The Morgan fingerprint density at radius 1 is 1.06 bits per heavy atom. The Kier molecular flexibility index (Phi) is 8.00. The fourth-order valence-electron chi connectivity index (χ4n) is 3.81. The van der Waals surface area contributed by atoms with Crippen molar-refractivity contribution in [3.05, 3.63) is 105 Å². The van der Waals surface area contributed by atoms with Gasteiger partial charge in [-0.15, -0.1) is 0 Å². The first-order valence-corrected chi connectivity index (χ1v) is 12.5. The number of benzene rings is 3. The smallest absolute Gasteiger partial charge is 0.262 e. The Bertz CT molecular complexity index is 1400. The third-order valence-corrected chi connectivity index (χ3v) is 6.86. The minimum absolute atomic E-state index is 0.0690. The summed E-state index contributed by atoms with van der Waals surface area (Å²) < 4.78 is 6.70. The Balaban J connectivity index is 1.62. The number of hydrogen-bond acceptors (Lipinski definition) is 5. The third kappa shape index (κ3) is 5.99. The lowest BCUT2D eigenvalue weighted by molar-refractivity contribution is 0.0937. The number of aromatic nitrogens is 2. The number of thioether (sulfide) groups is 1. The van der Waals surface area contributed by atoms with Gasteiger partial charge in [0.05, 0.1) is 24.1 Å². The van der Waals surface area contributed by atoms with Crippen LogP contribution in [0.1, 0.15) is 32.6 Å². The molecule has 1 aromatic heterocycles. The number of rotatable bonds is 9. The predicted molar refractivity (Wildman–Crippen MR) is 141 cm³/mol. The van der Waals surface area contributed by atoms with Crippen LogP contribution >= 0.6 is 11.8 Å². The molecule has 3 aromatic carbocycles. The van der Waals surface area contributed by atoms with E-state index >= 15 is 0 Å². The number of hydrogen-bond donors (Lipinski definition) is 1. The van der Waals surface area contributed by atoms with E-state index in [2.05, 4.69) is 37.4 Å². The summed E-state index contributed by atoms with van der Waals surface area (Å²) in [5, 5.41) is 4.09. The van der Waals surface area contributed by atoms with E-state index in [4.69, 9.17) is 9.72 Å². The highest BCUT2D eigenvalue weighted by Crippen LogP contribution is 2.25. The molecule has 0 aliphatic carbocycles. The highest BCUT2D eigenvalue weighted by Gasteiger charge is 2.14. The van der Waals surface area contributed by atoms with Crippen LogP contribution in [0.2, 0.25) is 0 Å². The number of amides is 1. The number of carbonyl (C=O) groups excluding carboxylic acids is 1. The van der Waals surface area contributed by atoms with Crippen molar-refractivity contribution in [3.63, 3.8) is 0 Å². The Morgan fingerprint density at radius 3 is 2.60 bits per heavy atom. The predicted octanol–water partition coefficient (Wildman–Crippen LogP) is 4.73. The van der Waals surface area contributed by atoms with Gasteiger partial charge in [-0.05, 0) is 54.8 Å². The molecule has 0 fully saturated rings. The molecule has 0 aliphatic rings. The van der Waals surface area contributed by atoms with Gasteiger partial charge < -0.3 is 10.1 Å². The number of carbonyl (C=O) groups is 1. The molecular formula is C28H29N3O3S. The van der Waals surface area contributed by atoms with Gasteiger partial charge in [0.15, 0.2) is 5.16 Å². The van der Waals surface area contributed by atoms with Gasteiger partial charge in [-0.2, -0.15) is 0 Å². The molecule has 0 atom stereocenters. The lowest BCUT2D eigenvalue weighted by Gasteiger charge is -2.14. The summed E-state index contributed by atoms with van der Waals surface area (Å²) in [6.07, 6.45) is 0. The first-order valence-electron chi connectivity index (χ1n) is 11.5. The molecule has 0 unspecified atom stereocenters. The van der Waals surface area contributed by atoms with Crippen LogP contribution in [0.5, 0.6) is 0 Å². The maximum absolute atomic E-state index is 13.4. The largest absolute Gasteiger partial charge is 0.383 e. The number of fused-ring (bicyclic) bond motifs is 1. The monoisotopic (exact) mass is 487 g/mol. The maximum Gasteiger partial charge on any atom is 0.262 e. The minimum atomic E-state index is -0.150. The van der Waals surface area contributed by atoms with E-state index in [0.29, 0.717) is 41.3 Å². The van der Waals surface area contributed by atoms with Crippen LogP contribution < -0.4 is 10.9 Å².